The van der Waals surface area contributed by atoms with Gasteiger partial charge in [0.05, 0.1) is 21.3 Å². The van der Waals surface area contributed by atoms with Crippen molar-refractivity contribution >= 4 is 22.6 Å². The van der Waals surface area contributed by atoms with Crippen LogP contribution in [0.3, 0.4) is 0 Å². The summed E-state index contributed by atoms with van der Waals surface area (Å²) >= 11 is 0. The Morgan fingerprint density at radius 1 is 1.23 bits per heavy atom. The lowest BCUT2D eigenvalue weighted by Gasteiger charge is -2.33. The van der Waals surface area contributed by atoms with E-state index in [4.69, 9.17) is 0 Å². The molecule has 4 nitrogen and oxygen atoms in total. The van der Waals surface area contributed by atoms with Crippen LogP contribution in [-0.4, -0.2) is 21.0 Å². The van der Waals surface area contributed by atoms with Crippen LogP contribution in [0.25, 0.3) is 0 Å². The van der Waals surface area contributed by atoms with Crippen LogP contribution in [0.15, 0.2) is 30.9 Å². The molecule has 0 bridgehead atoms. The minimum Gasteiger partial charge on any atom is -0.318 e. The van der Waals surface area contributed by atoms with Gasteiger partial charge in [-0.15, -0.1) is 6.58 Å². The minimum absolute atomic E-state index is 0.0324. The fourth-order valence-corrected chi connectivity index (χ4v) is 2.99. The summed E-state index contributed by atoms with van der Waals surface area (Å²) in [5.41, 5.74) is -1.46. The van der Waals surface area contributed by atoms with Crippen LogP contribution in [0.4, 0.5) is 23.2 Å². The van der Waals surface area contributed by atoms with Crippen LogP contribution in [0.5, 0.6) is 0 Å². The molecule has 1 amide bonds. The van der Waals surface area contributed by atoms with Crippen molar-refractivity contribution in [1.29, 1.82) is 0 Å². The van der Waals surface area contributed by atoms with Crippen molar-refractivity contribution < 1.29 is 26.6 Å². The van der Waals surface area contributed by atoms with Crippen molar-refractivity contribution in [2.45, 2.75) is 50.6 Å². The molecule has 0 aromatic heterocycles. The number of rotatable bonds is 6. The van der Waals surface area contributed by atoms with Gasteiger partial charge in [0.2, 0.25) is 0 Å². The lowest BCUT2D eigenvalue weighted by molar-refractivity contribution is -0.167. The monoisotopic (exact) mass is 394 g/mol. The van der Waals surface area contributed by atoms with Gasteiger partial charge >= 0.3 is 12.1 Å². The third kappa shape index (κ3) is 5.63. The van der Waals surface area contributed by atoms with Crippen LogP contribution >= 0.6 is 0 Å². The van der Waals surface area contributed by atoms with E-state index in [1.165, 1.54) is 6.08 Å². The van der Waals surface area contributed by atoms with Gasteiger partial charge in [-0.2, -0.15) is 13.2 Å². The Balaban J connectivity index is 3.30. The lowest BCUT2D eigenvalue weighted by Crippen LogP contribution is -2.46. The highest BCUT2D eigenvalue weighted by Crippen LogP contribution is 2.32. The van der Waals surface area contributed by atoms with Gasteiger partial charge in [0.25, 0.3) is 0 Å². The second-order valence-corrected chi connectivity index (χ2v) is 8.92. The molecule has 146 valence electrons. The Labute approximate surface area is 152 Å². The van der Waals surface area contributed by atoms with Crippen molar-refractivity contribution in [3.05, 3.63) is 42.2 Å². The van der Waals surface area contributed by atoms with E-state index in [1.807, 2.05) is 0 Å². The minimum atomic E-state index is -5.06. The number of carbonyl (C=O) groups is 1. The maximum Gasteiger partial charge on any atom is 0.471 e. The number of anilines is 1. The molecule has 1 rings (SSSR count). The van der Waals surface area contributed by atoms with E-state index >= 15 is 0 Å². The maximum absolute atomic E-state index is 14.4. The van der Waals surface area contributed by atoms with Crippen molar-refractivity contribution in [2.24, 2.45) is 0 Å². The summed E-state index contributed by atoms with van der Waals surface area (Å²) in [6.07, 6.45) is -3.43. The first-order valence-corrected chi connectivity index (χ1v) is 8.84. The number of amides is 1. The SMILES string of the molecule is C=CC[C@](C)(N[S@](=O)C(C)(C)C)c1cc(NC(=O)C(F)(F)F)ccc1F. The molecule has 1 aromatic carbocycles. The predicted molar refractivity (Wildman–Crippen MR) is 94.3 cm³/mol. The average molecular weight is 394 g/mol. The Hall–Kier alpha value is -1.74. The molecule has 2 atom stereocenters. The number of hydrogen-bond donors (Lipinski definition) is 2. The van der Waals surface area contributed by atoms with E-state index < -0.39 is 39.2 Å². The number of hydrogen-bond acceptors (Lipinski definition) is 2. The first-order valence-electron chi connectivity index (χ1n) is 7.69. The molecule has 26 heavy (non-hydrogen) atoms. The summed E-state index contributed by atoms with van der Waals surface area (Å²) in [6, 6.07) is 3.07. The number of carbonyl (C=O) groups excluding carboxylic acids is 1. The highest BCUT2D eigenvalue weighted by atomic mass is 32.2. The Morgan fingerprint density at radius 2 is 1.81 bits per heavy atom. The molecule has 0 saturated carbocycles. The second-order valence-electron chi connectivity index (χ2n) is 6.95. The molecular weight excluding hydrogens is 372 g/mol. The number of benzene rings is 1. The van der Waals surface area contributed by atoms with E-state index in [-0.39, 0.29) is 17.7 Å². The van der Waals surface area contributed by atoms with Crippen molar-refractivity contribution in [2.75, 3.05) is 5.32 Å². The molecule has 0 spiro atoms. The summed E-state index contributed by atoms with van der Waals surface area (Å²) in [7, 11) is -1.58. The lowest BCUT2D eigenvalue weighted by atomic mass is 9.89. The van der Waals surface area contributed by atoms with Crippen molar-refractivity contribution in [3.8, 4) is 0 Å². The predicted octanol–water partition coefficient (Wildman–Crippen LogP) is 4.17. The molecule has 0 unspecified atom stereocenters. The van der Waals surface area contributed by atoms with Gasteiger partial charge in [0, 0.05) is 11.3 Å². The fourth-order valence-electron chi connectivity index (χ4n) is 2.08. The molecule has 0 heterocycles. The van der Waals surface area contributed by atoms with E-state index in [1.54, 1.807) is 33.0 Å². The first-order chi connectivity index (χ1) is 11.7. The molecule has 9 heteroatoms. The van der Waals surface area contributed by atoms with Crippen LogP contribution in [0, 0.1) is 5.82 Å². The van der Waals surface area contributed by atoms with E-state index in [0.717, 1.165) is 18.2 Å². The molecule has 0 aliphatic rings. The molecule has 0 fully saturated rings. The number of nitrogens with one attached hydrogen (secondary N) is 2. The Morgan fingerprint density at radius 3 is 2.27 bits per heavy atom. The smallest absolute Gasteiger partial charge is 0.318 e. The highest BCUT2D eigenvalue weighted by Gasteiger charge is 2.39. The topological polar surface area (TPSA) is 58.2 Å². The summed E-state index contributed by atoms with van der Waals surface area (Å²) < 4.78 is 66.3. The zero-order valence-corrected chi connectivity index (χ0v) is 15.8. The van der Waals surface area contributed by atoms with Gasteiger partial charge in [-0.05, 0) is 52.3 Å². The van der Waals surface area contributed by atoms with E-state index in [9.17, 15) is 26.6 Å². The van der Waals surface area contributed by atoms with E-state index in [0.29, 0.717) is 0 Å². The van der Waals surface area contributed by atoms with Gasteiger partial charge in [-0.25, -0.2) is 13.3 Å². The number of alkyl halides is 3. The third-order valence-electron chi connectivity index (χ3n) is 3.50. The molecule has 0 saturated heterocycles. The standard InChI is InChI=1S/C17H22F4N2O2S/c1-6-9-16(5,23-26(25)15(2,3)4)12-10-11(7-8-13(12)18)22-14(24)17(19,20)21/h6-8,10,23H,1,9H2,2-5H3,(H,22,24)/t16-,26+/m0/s1. The maximum atomic E-state index is 14.4. The zero-order chi connectivity index (χ0) is 20.3. The van der Waals surface area contributed by atoms with Crippen LogP contribution in [0.2, 0.25) is 0 Å². The van der Waals surface area contributed by atoms with Gasteiger partial charge in [-0.1, -0.05) is 6.08 Å². The van der Waals surface area contributed by atoms with Crippen LogP contribution < -0.4 is 10.0 Å². The van der Waals surface area contributed by atoms with Gasteiger partial charge in [0.15, 0.2) is 0 Å². The second kappa shape index (κ2) is 7.87. The van der Waals surface area contributed by atoms with Crippen molar-refractivity contribution in [1.82, 2.24) is 4.72 Å². The summed E-state index contributed by atoms with van der Waals surface area (Å²) in [4.78, 5) is 11.1. The normalized spacial score (nSPS) is 15.8. The molecule has 0 radical (unpaired) electrons. The molecule has 0 aliphatic heterocycles. The van der Waals surface area contributed by atoms with Gasteiger partial charge < -0.3 is 5.32 Å². The van der Waals surface area contributed by atoms with Crippen molar-refractivity contribution in [3.63, 3.8) is 0 Å². The Bertz CT molecular complexity index is 714. The summed E-state index contributed by atoms with van der Waals surface area (Å²) in [5, 5.41) is 1.69. The van der Waals surface area contributed by atoms with Gasteiger partial charge in [0.1, 0.15) is 5.82 Å². The molecule has 1 aromatic rings. The summed E-state index contributed by atoms with van der Waals surface area (Å²) in [6.45, 7) is 10.3. The van der Waals surface area contributed by atoms with Crippen LogP contribution in [-0.2, 0) is 21.3 Å². The summed E-state index contributed by atoms with van der Waals surface area (Å²) in [5.74, 6) is -2.87. The van der Waals surface area contributed by atoms with Crippen LogP contribution in [0.1, 0.15) is 39.7 Å². The average Bonchev–Trinajstić information content (AvgIpc) is 2.47. The molecular formula is C17H22F4N2O2S. The highest BCUT2D eigenvalue weighted by molar-refractivity contribution is 7.84. The van der Waals surface area contributed by atoms with E-state index in [2.05, 4.69) is 11.3 Å². The number of halogens is 4. The third-order valence-corrected chi connectivity index (χ3v) is 5.25. The largest absolute Gasteiger partial charge is 0.471 e. The first kappa shape index (κ1) is 22.3. The fraction of sp³-hybridized carbons (Fsp3) is 0.471. The Kier molecular flexibility index (Phi) is 6.75. The molecule has 2 N–H and O–H groups in total. The quantitative estimate of drug-likeness (QED) is 0.562. The zero-order valence-electron chi connectivity index (χ0n) is 15.0. The molecule has 0 aliphatic carbocycles. The van der Waals surface area contributed by atoms with Gasteiger partial charge in [-0.3, -0.25) is 4.79 Å².